The number of para-hydroxylation sites is 1. The maximum atomic E-state index is 13.9. The number of rotatable bonds is 3. The topological polar surface area (TPSA) is 23.5 Å². The molecule has 0 bridgehead atoms. The Hall–Kier alpha value is -1.09. The molecule has 1 aromatic rings. The van der Waals surface area contributed by atoms with E-state index >= 15 is 0 Å². The third-order valence-corrected chi connectivity index (χ3v) is 4.02. The van der Waals surface area contributed by atoms with E-state index in [9.17, 15) is 4.39 Å². The lowest BCUT2D eigenvalue weighted by Crippen LogP contribution is -2.51. The predicted octanol–water partition coefficient (Wildman–Crippen LogP) is 3.20. The summed E-state index contributed by atoms with van der Waals surface area (Å²) in [6.07, 6.45) is 2.95. The van der Waals surface area contributed by atoms with E-state index in [-0.39, 0.29) is 18.0 Å². The van der Waals surface area contributed by atoms with Gasteiger partial charge in [-0.15, -0.1) is 0 Å². The number of halogens is 1. The molecule has 1 heterocycles. The Bertz CT molecular complexity index is 405. The molecular formula is C15H22FNO. The number of hydrogen-bond acceptors (Lipinski definition) is 2. The Kier molecular flexibility index (Phi) is 3.91. The highest BCUT2D eigenvalue weighted by Gasteiger charge is 2.35. The molecule has 0 aliphatic carbocycles. The van der Waals surface area contributed by atoms with Crippen LogP contribution in [0.25, 0.3) is 0 Å². The van der Waals surface area contributed by atoms with Gasteiger partial charge in [0.15, 0.2) is 0 Å². The molecule has 1 atom stereocenters. The first-order valence-corrected chi connectivity index (χ1v) is 6.67. The standard InChI is InChI=1S/C15H22FNO/c1-15(2)9-7-12(8-10-18)11-17(15)14-6-4-3-5-13(14)16/h3-6,12,18H,7-11H2,1-2H3. The van der Waals surface area contributed by atoms with Gasteiger partial charge in [0.05, 0.1) is 5.69 Å². The van der Waals surface area contributed by atoms with Crippen LogP contribution in [0.1, 0.15) is 33.1 Å². The number of nitrogens with zero attached hydrogens (tertiary/aromatic N) is 1. The average Bonchev–Trinajstić information content (AvgIpc) is 2.33. The molecule has 1 aliphatic heterocycles. The highest BCUT2D eigenvalue weighted by atomic mass is 19.1. The van der Waals surface area contributed by atoms with E-state index < -0.39 is 0 Å². The fraction of sp³-hybridized carbons (Fsp3) is 0.600. The molecule has 2 nitrogen and oxygen atoms in total. The Morgan fingerprint density at radius 2 is 2.11 bits per heavy atom. The van der Waals surface area contributed by atoms with E-state index in [4.69, 9.17) is 5.11 Å². The lowest BCUT2D eigenvalue weighted by molar-refractivity contribution is 0.217. The number of benzene rings is 1. The molecule has 0 aromatic heterocycles. The second-order valence-corrected chi connectivity index (χ2v) is 5.79. The maximum absolute atomic E-state index is 13.9. The first-order valence-electron chi connectivity index (χ1n) is 6.67. The van der Waals surface area contributed by atoms with Crippen LogP contribution in [0, 0.1) is 11.7 Å². The maximum Gasteiger partial charge on any atom is 0.146 e. The van der Waals surface area contributed by atoms with Gasteiger partial charge in [-0.1, -0.05) is 12.1 Å². The lowest BCUT2D eigenvalue weighted by atomic mass is 9.83. The van der Waals surface area contributed by atoms with Gasteiger partial charge in [-0.05, 0) is 51.2 Å². The first kappa shape index (κ1) is 13.3. The number of aliphatic hydroxyl groups excluding tert-OH is 1. The molecule has 1 saturated heterocycles. The zero-order valence-electron chi connectivity index (χ0n) is 11.2. The molecule has 1 N–H and O–H groups in total. The molecule has 0 radical (unpaired) electrons. The normalized spacial score (nSPS) is 23.1. The van der Waals surface area contributed by atoms with Crippen molar-refractivity contribution in [3.63, 3.8) is 0 Å². The Morgan fingerprint density at radius 3 is 2.78 bits per heavy atom. The van der Waals surface area contributed by atoms with Gasteiger partial charge in [0.25, 0.3) is 0 Å². The molecular weight excluding hydrogens is 229 g/mol. The third-order valence-electron chi connectivity index (χ3n) is 4.02. The summed E-state index contributed by atoms with van der Waals surface area (Å²) in [6, 6.07) is 6.96. The highest BCUT2D eigenvalue weighted by Crippen LogP contribution is 2.36. The largest absolute Gasteiger partial charge is 0.396 e. The summed E-state index contributed by atoms with van der Waals surface area (Å²) in [5.41, 5.74) is 0.666. The summed E-state index contributed by atoms with van der Waals surface area (Å²) >= 11 is 0. The van der Waals surface area contributed by atoms with Crippen LogP contribution in [0.2, 0.25) is 0 Å². The van der Waals surface area contributed by atoms with Gasteiger partial charge in [0.2, 0.25) is 0 Å². The quantitative estimate of drug-likeness (QED) is 0.891. The molecule has 1 aliphatic rings. The zero-order chi connectivity index (χ0) is 13.2. The SMILES string of the molecule is CC1(C)CCC(CCO)CN1c1ccccc1F. The summed E-state index contributed by atoms with van der Waals surface area (Å²) < 4.78 is 13.9. The van der Waals surface area contributed by atoms with Crippen molar-refractivity contribution < 1.29 is 9.50 Å². The third kappa shape index (κ3) is 2.66. The molecule has 1 aromatic carbocycles. The number of piperidine rings is 1. The van der Waals surface area contributed by atoms with Crippen molar-refractivity contribution in [3.05, 3.63) is 30.1 Å². The monoisotopic (exact) mass is 251 g/mol. The molecule has 0 amide bonds. The van der Waals surface area contributed by atoms with Crippen LogP contribution in [-0.2, 0) is 0 Å². The summed E-state index contributed by atoms with van der Waals surface area (Å²) in [5.74, 6) is 0.304. The minimum Gasteiger partial charge on any atom is -0.396 e. The van der Waals surface area contributed by atoms with E-state index in [1.54, 1.807) is 6.07 Å². The fourth-order valence-corrected chi connectivity index (χ4v) is 2.80. The molecule has 1 fully saturated rings. The Labute approximate surface area is 108 Å². The van der Waals surface area contributed by atoms with Crippen molar-refractivity contribution >= 4 is 5.69 Å². The summed E-state index contributed by atoms with van der Waals surface area (Å²) in [5, 5.41) is 9.07. The van der Waals surface area contributed by atoms with Gasteiger partial charge < -0.3 is 10.0 Å². The van der Waals surface area contributed by atoms with Crippen molar-refractivity contribution in [2.45, 2.75) is 38.6 Å². The van der Waals surface area contributed by atoms with Crippen LogP contribution in [-0.4, -0.2) is 23.8 Å². The van der Waals surface area contributed by atoms with Gasteiger partial charge in [-0.25, -0.2) is 4.39 Å². The van der Waals surface area contributed by atoms with Crippen molar-refractivity contribution in [2.75, 3.05) is 18.1 Å². The number of anilines is 1. The predicted molar refractivity (Wildman–Crippen MR) is 72.3 cm³/mol. The molecule has 100 valence electrons. The molecule has 0 saturated carbocycles. The number of aliphatic hydroxyl groups is 1. The first-order chi connectivity index (χ1) is 8.54. The van der Waals surface area contributed by atoms with Crippen LogP contribution in [0.4, 0.5) is 10.1 Å². The van der Waals surface area contributed by atoms with E-state index in [1.807, 2.05) is 12.1 Å². The zero-order valence-corrected chi connectivity index (χ0v) is 11.2. The van der Waals surface area contributed by atoms with E-state index in [1.165, 1.54) is 6.07 Å². The molecule has 0 spiro atoms. The van der Waals surface area contributed by atoms with Crippen LogP contribution in [0.15, 0.2) is 24.3 Å². The smallest absolute Gasteiger partial charge is 0.146 e. The van der Waals surface area contributed by atoms with Crippen LogP contribution in [0.5, 0.6) is 0 Å². The van der Waals surface area contributed by atoms with Crippen LogP contribution >= 0.6 is 0 Å². The van der Waals surface area contributed by atoms with Gasteiger partial charge in [0, 0.05) is 18.7 Å². The van der Waals surface area contributed by atoms with Gasteiger partial charge in [-0.3, -0.25) is 0 Å². The minimum absolute atomic E-state index is 0.0197. The highest BCUT2D eigenvalue weighted by molar-refractivity contribution is 5.50. The van der Waals surface area contributed by atoms with Gasteiger partial charge in [-0.2, -0.15) is 0 Å². The van der Waals surface area contributed by atoms with Crippen LogP contribution in [0.3, 0.4) is 0 Å². The summed E-state index contributed by atoms with van der Waals surface area (Å²) in [4.78, 5) is 2.16. The summed E-state index contributed by atoms with van der Waals surface area (Å²) in [7, 11) is 0. The van der Waals surface area contributed by atoms with E-state index in [0.29, 0.717) is 11.6 Å². The lowest BCUT2D eigenvalue weighted by Gasteiger charge is -2.47. The average molecular weight is 251 g/mol. The van der Waals surface area contributed by atoms with Gasteiger partial charge >= 0.3 is 0 Å². The van der Waals surface area contributed by atoms with Crippen molar-refractivity contribution in [1.82, 2.24) is 0 Å². The molecule has 3 heteroatoms. The van der Waals surface area contributed by atoms with Crippen molar-refractivity contribution in [1.29, 1.82) is 0 Å². The molecule has 1 unspecified atom stereocenters. The second kappa shape index (κ2) is 5.27. The van der Waals surface area contributed by atoms with E-state index in [0.717, 1.165) is 25.8 Å². The van der Waals surface area contributed by atoms with Gasteiger partial charge in [0.1, 0.15) is 5.82 Å². The fourth-order valence-electron chi connectivity index (χ4n) is 2.80. The molecule has 18 heavy (non-hydrogen) atoms. The van der Waals surface area contributed by atoms with Crippen molar-refractivity contribution in [2.24, 2.45) is 5.92 Å². The van der Waals surface area contributed by atoms with Crippen LogP contribution < -0.4 is 4.90 Å². The Morgan fingerprint density at radius 1 is 1.39 bits per heavy atom. The van der Waals surface area contributed by atoms with Crippen molar-refractivity contribution in [3.8, 4) is 0 Å². The second-order valence-electron chi connectivity index (χ2n) is 5.79. The minimum atomic E-state index is -0.157. The van der Waals surface area contributed by atoms with E-state index in [2.05, 4.69) is 18.7 Å². The summed E-state index contributed by atoms with van der Waals surface area (Å²) in [6.45, 7) is 5.37. The number of hydrogen-bond donors (Lipinski definition) is 1. The molecule has 2 rings (SSSR count). The Balaban J connectivity index is 2.24.